The van der Waals surface area contributed by atoms with Crippen molar-refractivity contribution in [3.05, 3.63) is 0 Å². The molecule has 6 unspecified atom stereocenters. The highest BCUT2D eigenvalue weighted by molar-refractivity contribution is 8.22. The predicted molar refractivity (Wildman–Crippen MR) is 134 cm³/mol. The van der Waals surface area contributed by atoms with Gasteiger partial charge in [-0.05, 0) is 12.8 Å². The van der Waals surface area contributed by atoms with E-state index < -0.39 is 0 Å². The molecule has 0 bridgehead atoms. The lowest BCUT2D eigenvalue weighted by molar-refractivity contribution is 0.528. The Morgan fingerprint density at radius 1 is 0.750 bits per heavy atom. The number of hydrogen-bond donors (Lipinski definition) is 2. The van der Waals surface area contributed by atoms with Gasteiger partial charge in [0.05, 0.1) is 9.16 Å². The van der Waals surface area contributed by atoms with Crippen molar-refractivity contribution in [3.8, 4) is 0 Å². The van der Waals surface area contributed by atoms with Gasteiger partial charge in [0.2, 0.25) is 0 Å². The normalized spacial score (nSPS) is 40.2. The van der Waals surface area contributed by atoms with Gasteiger partial charge in [-0.1, -0.05) is 12.8 Å². The number of rotatable bonds is 8. The first-order valence-corrected chi connectivity index (χ1v) is 16.1. The van der Waals surface area contributed by atoms with E-state index >= 15 is 0 Å². The molecular formula is C16H28S8. The van der Waals surface area contributed by atoms with E-state index in [0.29, 0.717) is 0 Å². The fourth-order valence-corrected chi connectivity index (χ4v) is 14.6. The Morgan fingerprint density at radius 2 is 1.21 bits per heavy atom. The van der Waals surface area contributed by atoms with Gasteiger partial charge in [0.25, 0.3) is 0 Å². The summed E-state index contributed by atoms with van der Waals surface area (Å²) in [6.07, 6.45) is 5.80. The molecule has 8 heteroatoms. The summed E-state index contributed by atoms with van der Waals surface area (Å²) in [5.41, 5.74) is 0. The van der Waals surface area contributed by atoms with Gasteiger partial charge in [-0.15, -0.1) is 47.0 Å². The molecule has 0 amide bonds. The molecule has 3 aliphatic rings. The standard InChI is InChI=1S/C16H28S8/c17-5-11-7-21-15(23-11)9-19-13-3-1-2-4-14(13)20-10-16-22-8-12(6-18)24-16/h11-18H,1-10H2. The van der Waals surface area contributed by atoms with Crippen molar-refractivity contribution in [3.63, 3.8) is 0 Å². The summed E-state index contributed by atoms with van der Waals surface area (Å²) in [4.78, 5) is 0. The van der Waals surface area contributed by atoms with E-state index in [9.17, 15) is 0 Å². The summed E-state index contributed by atoms with van der Waals surface area (Å²) in [5.74, 6) is 7.40. The van der Waals surface area contributed by atoms with Crippen LogP contribution in [0.4, 0.5) is 0 Å². The van der Waals surface area contributed by atoms with Crippen LogP contribution in [-0.4, -0.2) is 64.7 Å². The van der Waals surface area contributed by atoms with Crippen molar-refractivity contribution in [2.45, 2.75) is 55.8 Å². The largest absolute Gasteiger partial charge is 0.178 e. The van der Waals surface area contributed by atoms with E-state index in [1.165, 1.54) is 48.7 Å². The van der Waals surface area contributed by atoms with Gasteiger partial charge < -0.3 is 0 Å². The van der Waals surface area contributed by atoms with Crippen LogP contribution in [0.1, 0.15) is 25.7 Å². The zero-order valence-corrected chi connectivity index (χ0v) is 20.6. The first kappa shape index (κ1) is 21.5. The number of thiol groups is 2. The van der Waals surface area contributed by atoms with E-state index in [2.05, 4.69) is 95.8 Å². The summed E-state index contributed by atoms with van der Waals surface area (Å²) in [5, 5.41) is 3.38. The van der Waals surface area contributed by atoms with E-state index in [0.717, 1.165) is 41.7 Å². The van der Waals surface area contributed by atoms with Gasteiger partial charge >= 0.3 is 0 Å². The maximum absolute atomic E-state index is 4.47. The SMILES string of the molecule is SCC1CSC(CSC2CCCCC2SCC2SCC(CS)S2)S1. The van der Waals surface area contributed by atoms with Crippen LogP contribution >= 0.6 is 95.8 Å². The number of thioether (sulfide) groups is 6. The van der Waals surface area contributed by atoms with Crippen LogP contribution in [-0.2, 0) is 0 Å². The zero-order chi connectivity index (χ0) is 16.8. The topological polar surface area (TPSA) is 0 Å². The summed E-state index contributed by atoms with van der Waals surface area (Å²) < 4.78 is 1.63. The smallest absolute Gasteiger partial charge is 0.0596 e. The summed E-state index contributed by atoms with van der Waals surface area (Å²) >= 11 is 22.2. The highest BCUT2D eigenvalue weighted by Gasteiger charge is 2.31. The minimum absolute atomic E-state index is 0.789. The lowest BCUT2D eigenvalue weighted by Gasteiger charge is -2.31. The second-order valence-corrected chi connectivity index (χ2v) is 15.8. The van der Waals surface area contributed by atoms with Crippen molar-refractivity contribution < 1.29 is 0 Å². The Labute approximate surface area is 184 Å². The molecule has 1 saturated carbocycles. The third-order valence-electron chi connectivity index (χ3n) is 4.57. The molecule has 2 saturated heterocycles. The van der Waals surface area contributed by atoms with E-state index in [-0.39, 0.29) is 0 Å². The molecule has 140 valence electrons. The maximum Gasteiger partial charge on any atom is 0.0596 e. The van der Waals surface area contributed by atoms with Crippen LogP contribution in [0, 0.1) is 0 Å². The van der Waals surface area contributed by atoms with Gasteiger partial charge in [-0.25, -0.2) is 0 Å². The van der Waals surface area contributed by atoms with Crippen molar-refractivity contribution in [2.24, 2.45) is 0 Å². The highest BCUT2D eigenvalue weighted by Crippen LogP contribution is 2.45. The molecule has 2 heterocycles. The van der Waals surface area contributed by atoms with Crippen molar-refractivity contribution >= 4 is 95.8 Å². The highest BCUT2D eigenvalue weighted by atomic mass is 32.2. The van der Waals surface area contributed by atoms with Crippen LogP contribution in [0.15, 0.2) is 0 Å². The van der Waals surface area contributed by atoms with E-state index in [4.69, 9.17) is 0 Å². The molecule has 24 heavy (non-hydrogen) atoms. The lowest BCUT2D eigenvalue weighted by Crippen LogP contribution is -2.26. The molecule has 2 aliphatic heterocycles. The van der Waals surface area contributed by atoms with Gasteiger partial charge in [0.1, 0.15) is 0 Å². The molecule has 0 nitrogen and oxygen atoms in total. The molecule has 0 aromatic heterocycles. The molecular weight excluding hydrogens is 449 g/mol. The Balaban J connectivity index is 1.38. The van der Waals surface area contributed by atoms with Crippen LogP contribution < -0.4 is 0 Å². The quantitative estimate of drug-likeness (QED) is 0.411. The molecule has 3 rings (SSSR count). The first-order chi connectivity index (χ1) is 11.8. The fraction of sp³-hybridized carbons (Fsp3) is 1.00. The van der Waals surface area contributed by atoms with E-state index in [1.807, 2.05) is 0 Å². The van der Waals surface area contributed by atoms with Crippen LogP contribution in [0.3, 0.4) is 0 Å². The number of hydrogen-bond acceptors (Lipinski definition) is 8. The average Bonchev–Trinajstić information content (AvgIpc) is 3.27. The fourth-order valence-electron chi connectivity index (χ4n) is 3.23. The van der Waals surface area contributed by atoms with E-state index in [1.54, 1.807) is 0 Å². The molecule has 3 fully saturated rings. The molecule has 0 radical (unpaired) electrons. The minimum atomic E-state index is 0.789. The third-order valence-corrected chi connectivity index (χ3v) is 16.5. The lowest BCUT2D eigenvalue weighted by atomic mass is 10.00. The average molecular weight is 477 g/mol. The predicted octanol–water partition coefficient (Wildman–Crippen LogP) is 5.97. The summed E-state index contributed by atoms with van der Waals surface area (Å²) in [7, 11) is 0. The van der Waals surface area contributed by atoms with Gasteiger partial charge in [0.15, 0.2) is 0 Å². The molecule has 0 spiro atoms. The third kappa shape index (κ3) is 6.70. The van der Waals surface area contributed by atoms with Gasteiger partial charge in [0, 0.05) is 55.5 Å². The maximum atomic E-state index is 4.47. The molecule has 1 aliphatic carbocycles. The Kier molecular flexibility index (Phi) is 10.5. The monoisotopic (exact) mass is 476 g/mol. The minimum Gasteiger partial charge on any atom is -0.178 e. The second kappa shape index (κ2) is 11.7. The van der Waals surface area contributed by atoms with Crippen LogP contribution in [0.2, 0.25) is 0 Å². The van der Waals surface area contributed by atoms with Gasteiger partial charge in [-0.3, -0.25) is 0 Å². The van der Waals surface area contributed by atoms with Crippen molar-refractivity contribution in [1.29, 1.82) is 0 Å². The Hall–Kier alpha value is 2.80. The second-order valence-electron chi connectivity index (χ2n) is 6.44. The summed E-state index contributed by atoms with van der Waals surface area (Å²) in [6.45, 7) is 0. The molecule has 0 N–H and O–H groups in total. The first-order valence-electron chi connectivity index (χ1n) is 8.77. The van der Waals surface area contributed by atoms with Crippen LogP contribution in [0.5, 0.6) is 0 Å². The zero-order valence-electron chi connectivity index (χ0n) is 13.9. The molecule has 6 atom stereocenters. The Morgan fingerprint density at radius 3 is 1.58 bits per heavy atom. The van der Waals surface area contributed by atoms with Crippen molar-refractivity contribution in [2.75, 3.05) is 34.5 Å². The van der Waals surface area contributed by atoms with Crippen LogP contribution in [0.25, 0.3) is 0 Å². The molecule has 0 aromatic rings. The van der Waals surface area contributed by atoms with Gasteiger partial charge in [-0.2, -0.15) is 48.8 Å². The van der Waals surface area contributed by atoms with Crippen molar-refractivity contribution in [1.82, 2.24) is 0 Å². The summed E-state index contributed by atoms with van der Waals surface area (Å²) in [6, 6.07) is 0. The Bertz CT molecular complexity index is 334. The molecule has 0 aromatic carbocycles.